The van der Waals surface area contributed by atoms with Gasteiger partial charge < -0.3 is 5.32 Å². The van der Waals surface area contributed by atoms with Gasteiger partial charge in [0.1, 0.15) is 5.82 Å². The SMILES string of the molecule is Cc1cc(C)c(NC(=O)c2cc(F)ccc2Br)c(C)c1. The molecule has 0 aliphatic heterocycles. The lowest BCUT2D eigenvalue weighted by atomic mass is 10.0. The number of hydrogen-bond donors (Lipinski definition) is 1. The molecule has 0 bridgehead atoms. The van der Waals surface area contributed by atoms with Crippen molar-refractivity contribution in [2.24, 2.45) is 0 Å². The van der Waals surface area contributed by atoms with E-state index >= 15 is 0 Å². The molecule has 20 heavy (non-hydrogen) atoms. The van der Waals surface area contributed by atoms with E-state index in [2.05, 4.69) is 21.2 Å². The Kier molecular flexibility index (Phi) is 4.23. The fourth-order valence-corrected chi connectivity index (χ4v) is 2.66. The molecule has 2 rings (SSSR count). The van der Waals surface area contributed by atoms with E-state index in [4.69, 9.17) is 0 Å². The van der Waals surface area contributed by atoms with Gasteiger partial charge in [-0.1, -0.05) is 17.7 Å². The van der Waals surface area contributed by atoms with Crippen LogP contribution in [0.15, 0.2) is 34.8 Å². The Hall–Kier alpha value is -1.68. The van der Waals surface area contributed by atoms with E-state index in [-0.39, 0.29) is 11.5 Å². The monoisotopic (exact) mass is 335 g/mol. The predicted octanol–water partition coefficient (Wildman–Crippen LogP) is 4.77. The molecule has 104 valence electrons. The molecule has 2 aromatic carbocycles. The molecular weight excluding hydrogens is 321 g/mol. The zero-order chi connectivity index (χ0) is 14.9. The molecule has 0 aliphatic carbocycles. The maximum absolute atomic E-state index is 13.3. The number of anilines is 1. The minimum absolute atomic E-state index is 0.282. The number of carbonyl (C=O) groups excluding carboxylic acids is 1. The van der Waals surface area contributed by atoms with Crippen molar-refractivity contribution >= 4 is 27.5 Å². The number of rotatable bonds is 2. The molecule has 0 atom stereocenters. The quantitative estimate of drug-likeness (QED) is 0.841. The second kappa shape index (κ2) is 5.75. The first kappa shape index (κ1) is 14.7. The van der Waals surface area contributed by atoms with Crippen LogP contribution in [0.25, 0.3) is 0 Å². The van der Waals surface area contributed by atoms with Crippen molar-refractivity contribution in [2.45, 2.75) is 20.8 Å². The highest BCUT2D eigenvalue weighted by Gasteiger charge is 2.14. The van der Waals surface area contributed by atoms with E-state index in [0.717, 1.165) is 22.4 Å². The molecule has 0 aliphatic rings. The van der Waals surface area contributed by atoms with Crippen molar-refractivity contribution in [3.8, 4) is 0 Å². The van der Waals surface area contributed by atoms with Crippen LogP contribution in [0.5, 0.6) is 0 Å². The average molecular weight is 336 g/mol. The van der Waals surface area contributed by atoms with Crippen molar-refractivity contribution in [3.63, 3.8) is 0 Å². The van der Waals surface area contributed by atoms with Crippen molar-refractivity contribution in [1.82, 2.24) is 0 Å². The molecule has 1 amide bonds. The smallest absolute Gasteiger partial charge is 0.256 e. The molecule has 0 spiro atoms. The summed E-state index contributed by atoms with van der Waals surface area (Å²) in [5.74, 6) is -0.762. The summed E-state index contributed by atoms with van der Waals surface area (Å²) < 4.78 is 13.8. The van der Waals surface area contributed by atoms with Gasteiger partial charge >= 0.3 is 0 Å². The Morgan fingerprint density at radius 2 is 1.70 bits per heavy atom. The maximum atomic E-state index is 13.3. The van der Waals surface area contributed by atoms with Crippen molar-refractivity contribution < 1.29 is 9.18 Å². The van der Waals surface area contributed by atoms with Crippen LogP contribution in [0.1, 0.15) is 27.0 Å². The van der Waals surface area contributed by atoms with Crippen LogP contribution < -0.4 is 5.32 Å². The lowest BCUT2D eigenvalue weighted by Gasteiger charge is -2.13. The van der Waals surface area contributed by atoms with E-state index in [1.54, 1.807) is 0 Å². The predicted molar refractivity (Wildman–Crippen MR) is 82.7 cm³/mol. The Labute approximate surface area is 126 Å². The van der Waals surface area contributed by atoms with E-state index in [1.807, 2.05) is 32.9 Å². The number of benzene rings is 2. The number of amides is 1. The molecule has 0 saturated heterocycles. The molecule has 0 radical (unpaired) electrons. The van der Waals surface area contributed by atoms with Gasteiger partial charge in [0.05, 0.1) is 5.56 Å². The van der Waals surface area contributed by atoms with Crippen molar-refractivity contribution in [3.05, 3.63) is 62.9 Å². The number of carbonyl (C=O) groups is 1. The van der Waals surface area contributed by atoms with Gasteiger partial charge in [-0.15, -0.1) is 0 Å². The highest BCUT2D eigenvalue weighted by atomic mass is 79.9. The molecule has 2 aromatic rings. The summed E-state index contributed by atoms with van der Waals surface area (Å²) in [5, 5.41) is 2.85. The molecular formula is C16H15BrFNO. The van der Waals surface area contributed by atoms with Crippen LogP contribution in [0.3, 0.4) is 0 Å². The first-order chi connectivity index (χ1) is 9.38. The van der Waals surface area contributed by atoms with Gasteiger partial charge in [-0.05, 0) is 66.0 Å². The van der Waals surface area contributed by atoms with Crippen LogP contribution >= 0.6 is 15.9 Å². The van der Waals surface area contributed by atoms with Gasteiger partial charge in [-0.25, -0.2) is 4.39 Å². The molecule has 2 nitrogen and oxygen atoms in total. The fourth-order valence-electron chi connectivity index (χ4n) is 2.23. The lowest BCUT2D eigenvalue weighted by Crippen LogP contribution is -2.14. The van der Waals surface area contributed by atoms with Crippen LogP contribution in [-0.4, -0.2) is 5.91 Å². The van der Waals surface area contributed by atoms with Gasteiger partial charge in [0.2, 0.25) is 0 Å². The summed E-state index contributed by atoms with van der Waals surface area (Å²) in [5.41, 5.74) is 4.18. The van der Waals surface area contributed by atoms with E-state index in [1.165, 1.54) is 18.2 Å². The van der Waals surface area contributed by atoms with Crippen LogP contribution in [0, 0.1) is 26.6 Å². The summed E-state index contributed by atoms with van der Waals surface area (Å²) in [6.45, 7) is 5.89. The first-order valence-electron chi connectivity index (χ1n) is 6.22. The van der Waals surface area contributed by atoms with E-state index in [9.17, 15) is 9.18 Å². The second-order valence-electron chi connectivity index (χ2n) is 4.85. The molecule has 0 aromatic heterocycles. The lowest BCUT2D eigenvalue weighted by molar-refractivity contribution is 0.102. The minimum atomic E-state index is -0.435. The third-order valence-electron chi connectivity index (χ3n) is 3.09. The molecule has 1 N–H and O–H groups in total. The Morgan fingerprint density at radius 3 is 2.30 bits per heavy atom. The Balaban J connectivity index is 2.35. The Morgan fingerprint density at radius 1 is 1.10 bits per heavy atom. The number of halogens is 2. The molecule has 0 heterocycles. The zero-order valence-electron chi connectivity index (χ0n) is 11.6. The average Bonchev–Trinajstić information content (AvgIpc) is 2.36. The molecule has 0 saturated carbocycles. The van der Waals surface area contributed by atoms with E-state index in [0.29, 0.717) is 4.47 Å². The Bertz CT molecular complexity index is 659. The summed E-state index contributed by atoms with van der Waals surface area (Å²) in [6, 6.07) is 8.06. The molecule has 0 fully saturated rings. The van der Waals surface area contributed by atoms with Crippen LogP contribution in [0.4, 0.5) is 10.1 Å². The van der Waals surface area contributed by atoms with Gasteiger partial charge in [0.15, 0.2) is 0 Å². The first-order valence-corrected chi connectivity index (χ1v) is 7.02. The summed E-state index contributed by atoms with van der Waals surface area (Å²) in [6.07, 6.45) is 0. The van der Waals surface area contributed by atoms with Gasteiger partial charge in [-0.3, -0.25) is 4.79 Å². The summed E-state index contributed by atoms with van der Waals surface area (Å²) in [7, 11) is 0. The topological polar surface area (TPSA) is 29.1 Å². The third kappa shape index (κ3) is 3.07. The van der Waals surface area contributed by atoms with Crippen molar-refractivity contribution in [2.75, 3.05) is 5.32 Å². The van der Waals surface area contributed by atoms with Gasteiger partial charge in [0.25, 0.3) is 5.91 Å². The third-order valence-corrected chi connectivity index (χ3v) is 3.78. The summed E-state index contributed by atoms with van der Waals surface area (Å²) >= 11 is 3.27. The van der Waals surface area contributed by atoms with Crippen LogP contribution in [-0.2, 0) is 0 Å². The number of nitrogens with one attached hydrogen (secondary N) is 1. The zero-order valence-corrected chi connectivity index (χ0v) is 13.1. The molecule has 0 unspecified atom stereocenters. The van der Waals surface area contributed by atoms with Gasteiger partial charge in [0, 0.05) is 10.2 Å². The standard InChI is InChI=1S/C16H15BrFNO/c1-9-6-10(2)15(11(3)7-9)19-16(20)13-8-12(18)4-5-14(13)17/h4-8H,1-3H3,(H,19,20). The number of aryl methyl sites for hydroxylation is 3. The van der Waals surface area contributed by atoms with Gasteiger partial charge in [-0.2, -0.15) is 0 Å². The number of hydrogen-bond acceptors (Lipinski definition) is 1. The van der Waals surface area contributed by atoms with Crippen molar-refractivity contribution in [1.29, 1.82) is 0 Å². The fraction of sp³-hybridized carbons (Fsp3) is 0.188. The molecule has 4 heteroatoms. The highest BCUT2D eigenvalue weighted by Crippen LogP contribution is 2.24. The minimum Gasteiger partial charge on any atom is -0.321 e. The summed E-state index contributed by atoms with van der Waals surface area (Å²) in [4.78, 5) is 12.3. The second-order valence-corrected chi connectivity index (χ2v) is 5.71. The maximum Gasteiger partial charge on any atom is 0.256 e. The normalized spacial score (nSPS) is 10.4. The van der Waals surface area contributed by atoms with Crippen LogP contribution in [0.2, 0.25) is 0 Å². The largest absolute Gasteiger partial charge is 0.321 e. The van der Waals surface area contributed by atoms with E-state index < -0.39 is 5.82 Å². The highest BCUT2D eigenvalue weighted by molar-refractivity contribution is 9.10.